The molecule has 0 bridgehead atoms. The average Bonchev–Trinajstić information content (AvgIpc) is 3.34. The molecule has 0 N–H and O–H groups in total. The van der Waals surface area contributed by atoms with Crippen molar-refractivity contribution < 1.29 is 0 Å². The van der Waals surface area contributed by atoms with Crippen LogP contribution in [0.4, 0.5) is 5.69 Å². The smallest absolute Gasteiger partial charge is 0.164 e. The zero-order valence-corrected chi connectivity index (χ0v) is 21.5. The van der Waals surface area contributed by atoms with Gasteiger partial charge in [0.25, 0.3) is 0 Å². The summed E-state index contributed by atoms with van der Waals surface area (Å²) in [5.74, 6) is 3.06. The van der Waals surface area contributed by atoms with E-state index in [4.69, 9.17) is 15.0 Å². The van der Waals surface area contributed by atoms with Gasteiger partial charge in [-0.1, -0.05) is 104 Å². The van der Waals surface area contributed by atoms with E-state index in [0.29, 0.717) is 29.5 Å². The summed E-state index contributed by atoms with van der Waals surface area (Å²) in [5.41, 5.74) is 7.24. The maximum absolute atomic E-state index is 5.01. The van der Waals surface area contributed by atoms with Gasteiger partial charge in [-0.15, -0.1) is 0 Å². The Morgan fingerprint density at radius 2 is 1.58 bits per heavy atom. The molecule has 186 valence electrons. The second kappa shape index (κ2) is 9.53. The first kappa shape index (κ1) is 22.9. The quantitative estimate of drug-likeness (QED) is 0.372. The molecule has 4 aliphatic rings. The molecule has 3 aromatic rings. The summed E-state index contributed by atoms with van der Waals surface area (Å²) in [4.78, 5) is 17.4. The number of allylic oxidation sites excluding steroid dienone is 9. The summed E-state index contributed by atoms with van der Waals surface area (Å²) >= 11 is 0. The second-order valence-electron chi connectivity index (χ2n) is 10.4. The van der Waals surface area contributed by atoms with Crippen molar-refractivity contribution in [2.24, 2.45) is 11.8 Å². The molecule has 3 aliphatic carbocycles. The number of aromatic nitrogens is 3. The van der Waals surface area contributed by atoms with Crippen LogP contribution in [0.15, 0.2) is 121 Å². The van der Waals surface area contributed by atoms with Gasteiger partial charge in [0, 0.05) is 34.3 Å². The lowest BCUT2D eigenvalue weighted by atomic mass is 9.86. The Balaban J connectivity index is 1.35. The number of fused-ring (bicyclic) bond motifs is 2. The zero-order valence-electron chi connectivity index (χ0n) is 21.5. The van der Waals surface area contributed by atoms with Crippen LogP contribution in [0.1, 0.15) is 32.0 Å². The molecule has 4 heteroatoms. The van der Waals surface area contributed by atoms with Gasteiger partial charge >= 0.3 is 0 Å². The first-order valence-electron chi connectivity index (χ1n) is 13.6. The normalized spacial score (nSPS) is 23.4. The fourth-order valence-corrected chi connectivity index (χ4v) is 6.09. The molecule has 7 rings (SSSR count). The Kier molecular flexibility index (Phi) is 5.73. The van der Waals surface area contributed by atoms with Crippen LogP contribution in [0.2, 0.25) is 0 Å². The number of rotatable bonds is 4. The Hall–Kier alpha value is -4.31. The highest BCUT2D eigenvalue weighted by Gasteiger charge is 2.41. The van der Waals surface area contributed by atoms with Gasteiger partial charge < -0.3 is 4.90 Å². The van der Waals surface area contributed by atoms with Crippen molar-refractivity contribution in [3.8, 4) is 22.8 Å². The molecular formula is C34H30N4. The van der Waals surface area contributed by atoms with Crippen LogP contribution in [0.3, 0.4) is 0 Å². The number of nitrogens with zero attached hydrogens (tertiary/aromatic N) is 4. The van der Waals surface area contributed by atoms with E-state index < -0.39 is 0 Å². The maximum Gasteiger partial charge on any atom is 0.164 e. The topological polar surface area (TPSA) is 41.9 Å². The summed E-state index contributed by atoms with van der Waals surface area (Å²) in [6.45, 7) is 2.34. The Bertz CT molecular complexity index is 1570. The molecule has 2 heterocycles. The van der Waals surface area contributed by atoms with Crippen LogP contribution in [-0.4, -0.2) is 21.0 Å². The van der Waals surface area contributed by atoms with Crippen LogP contribution in [0.25, 0.3) is 28.3 Å². The largest absolute Gasteiger partial charge is 0.337 e. The predicted molar refractivity (Wildman–Crippen MR) is 155 cm³/mol. The standard InChI is InChI=1S/C34H30N4/c1-23-12-10-20-29-28-19-8-9-21-30(28)38(31(23)29)27-18-11-17-26(22-27)34-36-32(24-13-4-2-5-14-24)35-33(37-34)25-15-6-3-7-16-25/h2-6,8-11,13-15,17-23,28,30H,7,12,16H2,1H3. The summed E-state index contributed by atoms with van der Waals surface area (Å²) in [6.07, 6.45) is 23.2. The third-order valence-electron chi connectivity index (χ3n) is 7.92. The van der Waals surface area contributed by atoms with Crippen molar-refractivity contribution in [1.82, 2.24) is 15.0 Å². The molecule has 4 nitrogen and oxygen atoms in total. The van der Waals surface area contributed by atoms with E-state index in [-0.39, 0.29) is 0 Å². The monoisotopic (exact) mass is 494 g/mol. The van der Waals surface area contributed by atoms with Gasteiger partial charge in [-0.25, -0.2) is 15.0 Å². The van der Waals surface area contributed by atoms with Gasteiger partial charge in [-0.3, -0.25) is 0 Å². The Labute approximate surface area is 224 Å². The van der Waals surface area contributed by atoms with E-state index in [1.807, 2.05) is 18.2 Å². The predicted octanol–water partition coefficient (Wildman–Crippen LogP) is 7.72. The molecule has 1 aliphatic heterocycles. The minimum atomic E-state index is 0.290. The van der Waals surface area contributed by atoms with Gasteiger partial charge in [-0.05, 0) is 42.5 Å². The van der Waals surface area contributed by atoms with Crippen molar-refractivity contribution >= 4 is 11.3 Å². The number of hydrogen-bond acceptors (Lipinski definition) is 4. The molecule has 0 radical (unpaired) electrons. The van der Waals surface area contributed by atoms with E-state index in [2.05, 4.69) is 103 Å². The average molecular weight is 495 g/mol. The maximum atomic E-state index is 5.01. The van der Waals surface area contributed by atoms with E-state index in [0.717, 1.165) is 41.8 Å². The van der Waals surface area contributed by atoms with Crippen LogP contribution in [0.5, 0.6) is 0 Å². The summed E-state index contributed by atoms with van der Waals surface area (Å²) in [6, 6.07) is 19.2. The molecule has 0 spiro atoms. The van der Waals surface area contributed by atoms with Crippen molar-refractivity contribution in [2.75, 3.05) is 4.90 Å². The lowest BCUT2D eigenvalue weighted by Gasteiger charge is -2.33. The van der Waals surface area contributed by atoms with Crippen molar-refractivity contribution in [1.29, 1.82) is 0 Å². The molecule has 38 heavy (non-hydrogen) atoms. The third-order valence-corrected chi connectivity index (χ3v) is 7.92. The highest BCUT2D eigenvalue weighted by molar-refractivity contribution is 5.72. The first-order valence-corrected chi connectivity index (χ1v) is 13.6. The molecule has 2 aromatic carbocycles. The molecule has 3 unspecified atom stereocenters. The molecule has 0 saturated heterocycles. The number of anilines is 1. The second-order valence-corrected chi connectivity index (χ2v) is 10.4. The van der Waals surface area contributed by atoms with Crippen LogP contribution >= 0.6 is 0 Å². The molecule has 0 saturated carbocycles. The van der Waals surface area contributed by atoms with Crippen LogP contribution in [0, 0.1) is 11.8 Å². The Morgan fingerprint density at radius 1 is 0.789 bits per heavy atom. The minimum absolute atomic E-state index is 0.290. The van der Waals surface area contributed by atoms with Gasteiger partial charge in [0.1, 0.15) is 0 Å². The van der Waals surface area contributed by atoms with Gasteiger partial charge in [0.2, 0.25) is 0 Å². The van der Waals surface area contributed by atoms with E-state index in [1.165, 1.54) is 17.0 Å². The summed E-state index contributed by atoms with van der Waals surface area (Å²) in [5, 5.41) is 0. The molecule has 3 atom stereocenters. The van der Waals surface area contributed by atoms with Crippen LogP contribution in [-0.2, 0) is 0 Å². The van der Waals surface area contributed by atoms with Crippen molar-refractivity contribution in [2.45, 2.75) is 32.2 Å². The molecule has 1 aromatic heterocycles. The number of benzene rings is 2. The van der Waals surface area contributed by atoms with Gasteiger partial charge in [0.15, 0.2) is 17.5 Å². The third kappa shape index (κ3) is 3.97. The van der Waals surface area contributed by atoms with E-state index in [9.17, 15) is 0 Å². The van der Waals surface area contributed by atoms with Gasteiger partial charge in [-0.2, -0.15) is 0 Å². The van der Waals surface area contributed by atoms with Crippen molar-refractivity contribution in [3.63, 3.8) is 0 Å². The number of hydrogen-bond donors (Lipinski definition) is 0. The zero-order chi connectivity index (χ0) is 25.5. The van der Waals surface area contributed by atoms with Gasteiger partial charge in [0.05, 0.1) is 6.04 Å². The lowest BCUT2D eigenvalue weighted by Crippen LogP contribution is -2.34. The molecule has 0 fully saturated rings. The van der Waals surface area contributed by atoms with Crippen LogP contribution < -0.4 is 4.90 Å². The summed E-state index contributed by atoms with van der Waals surface area (Å²) in [7, 11) is 0. The SMILES string of the molecule is CC1CC=CC2=C1N(c1cccc(-c3nc(C4=CC=CCC4)nc(-c4ccccc4)n3)c1)C1C=CC=CC21. The molecular weight excluding hydrogens is 464 g/mol. The van der Waals surface area contributed by atoms with E-state index >= 15 is 0 Å². The lowest BCUT2D eigenvalue weighted by molar-refractivity contribution is 0.637. The molecule has 0 amide bonds. The minimum Gasteiger partial charge on any atom is -0.337 e. The highest BCUT2D eigenvalue weighted by Crippen LogP contribution is 2.47. The fourth-order valence-electron chi connectivity index (χ4n) is 6.09. The first-order chi connectivity index (χ1) is 18.8. The fraction of sp³-hybridized carbons (Fsp3) is 0.206. The van der Waals surface area contributed by atoms with E-state index in [1.54, 1.807) is 0 Å². The highest BCUT2D eigenvalue weighted by atomic mass is 15.2. The summed E-state index contributed by atoms with van der Waals surface area (Å²) < 4.78 is 0. The Morgan fingerprint density at radius 3 is 2.42 bits per heavy atom. The van der Waals surface area contributed by atoms with Crippen molar-refractivity contribution in [3.05, 3.63) is 126 Å².